The van der Waals surface area contributed by atoms with E-state index in [0.29, 0.717) is 5.56 Å². The molecule has 0 spiro atoms. The third kappa shape index (κ3) is 3.36. The van der Waals surface area contributed by atoms with Crippen molar-refractivity contribution in [3.63, 3.8) is 0 Å². The largest absolute Gasteiger partial charge is 0.378 e. The van der Waals surface area contributed by atoms with Crippen molar-refractivity contribution < 1.29 is 4.79 Å². The highest BCUT2D eigenvalue weighted by Gasteiger charge is 2.22. The number of carbonyl (C=O) groups is 1. The molecule has 0 radical (unpaired) electrons. The van der Waals surface area contributed by atoms with Crippen molar-refractivity contribution in [3.8, 4) is 0 Å². The van der Waals surface area contributed by atoms with Crippen LogP contribution in [0.4, 0.5) is 11.6 Å². The summed E-state index contributed by atoms with van der Waals surface area (Å²) >= 11 is 0. The topological polar surface area (TPSA) is 84.2 Å². The molecule has 2 heterocycles. The van der Waals surface area contributed by atoms with Crippen LogP contribution in [0.25, 0.3) is 16.6 Å². The van der Waals surface area contributed by atoms with E-state index >= 15 is 0 Å². The van der Waals surface area contributed by atoms with Gasteiger partial charge >= 0.3 is 0 Å². The highest BCUT2D eigenvalue weighted by Crippen LogP contribution is 2.32. The molecule has 5 rings (SSSR count). The van der Waals surface area contributed by atoms with Gasteiger partial charge in [-0.25, -0.2) is 4.98 Å². The first-order valence-corrected chi connectivity index (χ1v) is 10.3. The van der Waals surface area contributed by atoms with Crippen molar-refractivity contribution in [2.24, 2.45) is 5.92 Å². The fourth-order valence-electron chi connectivity index (χ4n) is 3.89. The van der Waals surface area contributed by atoms with Crippen LogP contribution in [-0.4, -0.2) is 32.4 Å². The Morgan fingerprint density at radius 2 is 2.10 bits per heavy atom. The molecule has 0 saturated heterocycles. The molecule has 2 aromatic carbocycles. The lowest BCUT2D eigenvalue weighted by Crippen LogP contribution is -2.13. The fourth-order valence-corrected chi connectivity index (χ4v) is 3.89. The molecule has 2 N–H and O–H groups in total. The van der Waals surface area contributed by atoms with E-state index in [1.807, 2.05) is 28.7 Å². The normalized spacial score (nSPS) is 14.7. The first kappa shape index (κ1) is 18.5. The molecular formula is C23H24N6O. The van der Waals surface area contributed by atoms with Gasteiger partial charge in [0.1, 0.15) is 6.33 Å². The minimum absolute atomic E-state index is 0.0531. The second kappa shape index (κ2) is 7.40. The fraction of sp³-hybridized carbons (Fsp3) is 0.304. The molecule has 1 aliphatic carbocycles. The summed E-state index contributed by atoms with van der Waals surface area (Å²) in [6, 6.07) is 11.7. The number of carbonyl (C=O) groups excluding carboxylic acids is 1. The first-order chi connectivity index (χ1) is 14.6. The van der Waals surface area contributed by atoms with E-state index in [0.717, 1.165) is 58.1 Å². The zero-order valence-electron chi connectivity index (χ0n) is 17.1. The quantitative estimate of drug-likeness (QED) is 0.448. The summed E-state index contributed by atoms with van der Waals surface area (Å²) in [7, 11) is 0. The van der Waals surface area contributed by atoms with Gasteiger partial charge < -0.3 is 10.6 Å². The number of aldehydes is 1. The molecule has 2 aromatic heterocycles. The van der Waals surface area contributed by atoms with Gasteiger partial charge in [0, 0.05) is 28.7 Å². The summed E-state index contributed by atoms with van der Waals surface area (Å²) in [4.78, 5) is 16.4. The number of rotatable bonds is 7. The van der Waals surface area contributed by atoms with E-state index in [2.05, 4.69) is 46.8 Å². The zero-order chi connectivity index (χ0) is 20.7. The number of anilines is 2. The minimum atomic E-state index is -0.0531. The zero-order valence-corrected chi connectivity index (χ0v) is 17.1. The van der Waals surface area contributed by atoms with Crippen molar-refractivity contribution in [2.75, 3.05) is 17.2 Å². The van der Waals surface area contributed by atoms with E-state index < -0.39 is 0 Å². The van der Waals surface area contributed by atoms with Crippen LogP contribution < -0.4 is 10.6 Å². The van der Waals surface area contributed by atoms with Gasteiger partial charge in [0.2, 0.25) is 5.95 Å². The average molecular weight is 400 g/mol. The Morgan fingerprint density at radius 1 is 1.27 bits per heavy atom. The Kier molecular flexibility index (Phi) is 4.58. The number of nitrogens with one attached hydrogen (secondary N) is 2. The maximum atomic E-state index is 11.4. The Morgan fingerprint density at radius 3 is 2.90 bits per heavy atom. The molecule has 1 atom stereocenters. The Balaban J connectivity index is 1.61. The molecular weight excluding hydrogens is 376 g/mol. The molecule has 30 heavy (non-hydrogen) atoms. The van der Waals surface area contributed by atoms with Gasteiger partial charge in [-0.3, -0.25) is 9.20 Å². The lowest BCUT2D eigenvalue weighted by molar-refractivity contribution is 0.112. The van der Waals surface area contributed by atoms with E-state index in [1.165, 1.54) is 12.8 Å². The summed E-state index contributed by atoms with van der Waals surface area (Å²) in [6.45, 7) is 5.07. The van der Waals surface area contributed by atoms with E-state index in [9.17, 15) is 4.79 Å². The number of fused-ring (bicyclic) bond motifs is 3. The minimum Gasteiger partial charge on any atom is -0.378 e. The molecule has 1 fully saturated rings. The molecule has 7 nitrogen and oxygen atoms in total. The number of hydrogen-bond donors (Lipinski definition) is 2. The third-order valence-electron chi connectivity index (χ3n) is 5.69. The maximum Gasteiger partial charge on any atom is 0.210 e. The van der Waals surface area contributed by atoms with Gasteiger partial charge in [0.05, 0.1) is 11.6 Å². The molecule has 1 unspecified atom stereocenters. The second-order valence-corrected chi connectivity index (χ2v) is 8.11. The number of benzene rings is 2. The Hall–Kier alpha value is -3.48. The van der Waals surface area contributed by atoms with Crippen molar-refractivity contribution in [1.82, 2.24) is 19.6 Å². The number of para-hydroxylation sites is 1. The van der Waals surface area contributed by atoms with Crippen molar-refractivity contribution in [2.45, 2.75) is 32.7 Å². The molecule has 1 aliphatic rings. The summed E-state index contributed by atoms with van der Waals surface area (Å²) in [6.07, 6.45) is 5.13. The molecule has 0 aliphatic heterocycles. The van der Waals surface area contributed by atoms with Crippen LogP contribution in [0.1, 0.15) is 47.3 Å². The SMILES string of the molecule is Cc1cc(C(C)Nc2ccccc2C=O)c2nc(NCC3CC3)n3cnnc3c2c1. The van der Waals surface area contributed by atoms with Crippen LogP contribution >= 0.6 is 0 Å². The van der Waals surface area contributed by atoms with Crippen LogP contribution in [0.2, 0.25) is 0 Å². The van der Waals surface area contributed by atoms with Crippen LogP contribution in [-0.2, 0) is 0 Å². The standard InChI is InChI=1S/C23H24N6O/c1-14-9-18(15(2)26-20-6-4-3-5-17(20)12-30)21-19(10-14)22-28-25-13-29(22)23(27-21)24-11-16-7-8-16/h3-6,9-10,12-13,15-16,26H,7-8,11H2,1-2H3,(H,24,27). The van der Waals surface area contributed by atoms with Gasteiger partial charge in [-0.15, -0.1) is 10.2 Å². The van der Waals surface area contributed by atoms with E-state index in [4.69, 9.17) is 4.98 Å². The van der Waals surface area contributed by atoms with Crippen LogP contribution in [0.15, 0.2) is 42.7 Å². The summed E-state index contributed by atoms with van der Waals surface area (Å²) < 4.78 is 1.92. The van der Waals surface area contributed by atoms with Crippen LogP contribution in [0.3, 0.4) is 0 Å². The molecule has 0 bridgehead atoms. The van der Waals surface area contributed by atoms with Gasteiger partial charge in [-0.2, -0.15) is 0 Å². The summed E-state index contributed by atoms with van der Waals surface area (Å²) in [5.74, 6) is 1.49. The first-order valence-electron chi connectivity index (χ1n) is 10.3. The summed E-state index contributed by atoms with van der Waals surface area (Å²) in [5.41, 5.74) is 5.32. The predicted molar refractivity (Wildman–Crippen MR) is 118 cm³/mol. The van der Waals surface area contributed by atoms with Gasteiger partial charge in [0.15, 0.2) is 11.9 Å². The number of hydrogen-bond acceptors (Lipinski definition) is 6. The van der Waals surface area contributed by atoms with Gasteiger partial charge in [-0.1, -0.05) is 18.2 Å². The number of aryl methyl sites for hydroxylation is 1. The highest BCUT2D eigenvalue weighted by atomic mass is 16.1. The lowest BCUT2D eigenvalue weighted by atomic mass is 10.0. The third-order valence-corrected chi connectivity index (χ3v) is 5.69. The number of aromatic nitrogens is 4. The highest BCUT2D eigenvalue weighted by molar-refractivity contribution is 5.95. The average Bonchev–Trinajstić information content (AvgIpc) is 3.45. The van der Waals surface area contributed by atoms with Gasteiger partial charge in [0.25, 0.3) is 0 Å². The Labute approximate surface area is 174 Å². The van der Waals surface area contributed by atoms with Crippen LogP contribution in [0, 0.1) is 12.8 Å². The van der Waals surface area contributed by atoms with Crippen molar-refractivity contribution in [3.05, 3.63) is 59.4 Å². The maximum absolute atomic E-state index is 11.4. The van der Waals surface area contributed by atoms with Crippen LogP contribution in [0.5, 0.6) is 0 Å². The summed E-state index contributed by atoms with van der Waals surface area (Å²) in [5, 5.41) is 16.4. The van der Waals surface area contributed by atoms with E-state index in [-0.39, 0.29) is 6.04 Å². The second-order valence-electron chi connectivity index (χ2n) is 8.11. The lowest BCUT2D eigenvalue weighted by Gasteiger charge is -2.20. The molecule has 7 heteroatoms. The Bertz CT molecular complexity index is 1240. The predicted octanol–water partition coefficient (Wildman–Crippen LogP) is 4.39. The smallest absolute Gasteiger partial charge is 0.210 e. The van der Waals surface area contributed by atoms with Crippen molar-refractivity contribution in [1.29, 1.82) is 0 Å². The molecule has 0 amide bonds. The van der Waals surface area contributed by atoms with Gasteiger partial charge in [-0.05, 0) is 56.4 Å². The molecule has 152 valence electrons. The monoisotopic (exact) mass is 400 g/mol. The van der Waals surface area contributed by atoms with Crippen molar-refractivity contribution >= 4 is 34.5 Å². The number of nitrogens with zero attached hydrogens (tertiary/aromatic N) is 4. The molecule has 1 saturated carbocycles. The molecule has 4 aromatic rings. The van der Waals surface area contributed by atoms with E-state index in [1.54, 1.807) is 6.33 Å².